The van der Waals surface area contributed by atoms with Crippen molar-refractivity contribution in [2.75, 3.05) is 24.9 Å². The van der Waals surface area contributed by atoms with Gasteiger partial charge in [0.2, 0.25) is 5.95 Å². The molecule has 1 aliphatic heterocycles. The summed E-state index contributed by atoms with van der Waals surface area (Å²) >= 11 is 3.34. The first-order valence-corrected chi connectivity index (χ1v) is 10.00. The van der Waals surface area contributed by atoms with Gasteiger partial charge in [0.05, 0.1) is 30.0 Å². The summed E-state index contributed by atoms with van der Waals surface area (Å²) < 4.78 is 12.5. The molecule has 0 unspecified atom stereocenters. The molecule has 0 saturated carbocycles. The van der Waals surface area contributed by atoms with Crippen LogP contribution in [0, 0.1) is 0 Å². The molecule has 4 rings (SSSR count). The number of methoxy groups -OCH3 is 2. The highest BCUT2D eigenvalue weighted by Crippen LogP contribution is 2.42. The van der Waals surface area contributed by atoms with Crippen molar-refractivity contribution in [3.05, 3.63) is 57.7 Å². The summed E-state index contributed by atoms with van der Waals surface area (Å²) in [6.07, 6.45) is 0. The minimum Gasteiger partial charge on any atom is -0.503 e. The highest BCUT2D eigenvalue weighted by atomic mass is 79.9. The number of carbonyl (C=O) groups excluding carboxylic acids is 1. The average Bonchev–Trinajstić information content (AvgIpc) is 3.22. The number of para-hydroxylation sites is 2. The van der Waals surface area contributed by atoms with Gasteiger partial charge in [-0.15, -0.1) is 0 Å². The first kappa shape index (κ1) is 20.7. The zero-order chi connectivity index (χ0) is 22.1. The summed E-state index contributed by atoms with van der Waals surface area (Å²) in [7, 11) is 2.99. The Bertz CT molecular complexity index is 1190. The number of carbonyl (C=O) groups is 1. The van der Waals surface area contributed by atoms with Gasteiger partial charge in [0.15, 0.2) is 11.5 Å². The first-order chi connectivity index (χ1) is 14.9. The monoisotopic (exact) mass is 486 g/mol. The number of fused-ring (bicyclic) bond motifs is 1. The van der Waals surface area contributed by atoms with Gasteiger partial charge in [-0.1, -0.05) is 17.2 Å². The predicted molar refractivity (Wildman–Crippen MR) is 116 cm³/mol. The van der Waals surface area contributed by atoms with Gasteiger partial charge < -0.3 is 25.2 Å². The van der Waals surface area contributed by atoms with E-state index < -0.39 is 6.04 Å². The molecule has 1 aliphatic rings. The molecule has 0 saturated heterocycles. The molecule has 11 heteroatoms. The number of rotatable bonds is 5. The third kappa shape index (κ3) is 3.67. The quantitative estimate of drug-likeness (QED) is 0.502. The van der Waals surface area contributed by atoms with E-state index >= 15 is 0 Å². The summed E-state index contributed by atoms with van der Waals surface area (Å²) in [6, 6.07) is 9.80. The fourth-order valence-corrected chi connectivity index (χ4v) is 3.92. The van der Waals surface area contributed by atoms with Gasteiger partial charge in [-0.05, 0) is 63.1 Å². The highest BCUT2D eigenvalue weighted by Gasteiger charge is 2.35. The normalized spacial score (nSPS) is 15.2. The van der Waals surface area contributed by atoms with Crippen LogP contribution >= 0.6 is 15.9 Å². The van der Waals surface area contributed by atoms with Crippen molar-refractivity contribution in [1.29, 1.82) is 0 Å². The molecule has 160 valence electrons. The van der Waals surface area contributed by atoms with Crippen LogP contribution in [0.3, 0.4) is 0 Å². The molecule has 3 N–H and O–H groups in total. The summed E-state index contributed by atoms with van der Waals surface area (Å²) in [6.45, 7) is 1.77. The number of hydrogen-bond acceptors (Lipinski definition) is 8. The smallest absolute Gasteiger partial charge is 0.255 e. The molecule has 3 aromatic rings. The second-order valence-electron chi connectivity index (χ2n) is 6.72. The van der Waals surface area contributed by atoms with Crippen LogP contribution in [0.1, 0.15) is 18.5 Å². The predicted octanol–water partition coefficient (Wildman–Crippen LogP) is 3.09. The van der Waals surface area contributed by atoms with Gasteiger partial charge in [-0.3, -0.25) is 4.79 Å². The molecule has 31 heavy (non-hydrogen) atoms. The Morgan fingerprint density at radius 1 is 1.23 bits per heavy atom. The molecular weight excluding hydrogens is 468 g/mol. The lowest BCUT2D eigenvalue weighted by atomic mass is 9.94. The van der Waals surface area contributed by atoms with Crippen LogP contribution < -0.4 is 20.1 Å². The average molecular weight is 487 g/mol. The van der Waals surface area contributed by atoms with Crippen LogP contribution in [-0.4, -0.2) is 45.4 Å². The number of phenols is 1. The third-order valence-corrected chi connectivity index (χ3v) is 5.50. The molecule has 2 aromatic carbocycles. The lowest BCUT2D eigenvalue weighted by molar-refractivity contribution is -0.113. The third-order valence-electron chi connectivity index (χ3n) is 4.90. The van der Waals surface area contributed by atoms with Gasteiger partial charge >= 0.3 is 0 Å². The Morgan fingerprint density at radius 2 is 1.97 bits per heavy atom. The minimum atomic E-state index is -0.674. The summed E-state index contributed by atoms with van der Waals surface area (Å²) in [5, 5.41) is 28.0. The Kier molecular flexibility index (Phi) is 5.51. The van der Waals surface area contributed by atoms with Crippen molar-refractivity contribution in [3.63, 3.8) is 0 Å². The number of allylic oxidation sites excluding steroid dienone is 1. The Balaban J connectivity index is 1.82. The number of ether oxygens (including phenoxy) is 2. The van der Waals surface area contributed by atoms with E-state index in [1.54, 1.807) is 37.3 Å². The standard InChI is InChI=1S/C20H19BrN6O4/c1-10-16(19(29)23-13-6-4-5-7-14(13)30-2)17(27-20(22-10)24-25-26-27)11-8-12(21)18(28)15(9-11)31-3/h4-9,17,28H,1-3H3,(H,23,29)(H,22,24,26)/t17-/m1/s1. The van der Waals surface area contributed by atoms with Crippen molar-refractivity contribution in [2.24, 2.45) is 0 Å². The summed E-state index contributed by atoms with van der Waals surface area (Å²) in [4.78, 5) is 13.4. The van der Waals surface area contributed by atoms with Gasteiger partial charge in [-0.2, -0.15) is 4.68 Å². The van der Waals surface area contributed by atoms with E-state index in [0.29, 0.717) is 38.7 Å². The number of benzene rings is 2. The number of tetrazole rings is 1. The molecule has 0 bridgehead atoms. The van der Waals surface area contributed by atoms with Gasteiger partial charge in [-0.25, -0.2) is 0 Å². The van der Waals surface area contributed by atoms with E-state index in [1.165, 1.54) is 18.9 Å². The number of phenolic OH excluding ortho intramolecular Hbond substituents is 1. The van der Waals surface area contributed by atoms with Crippen LogP contribution in [0.25, 0.3) is 0 Å². The maximum absolute atomic E-state index is 13.4. The van der Waals surface area contributed by atoms with Crippen LogP contribution in [0.2, 0.25) is 0 Å². The Labute approximate surface area is 186 Å². The van der Waals surface area contributed by atoms with E-state index in [-0.39, 0.29) is 17.4 Å². The molecule has 2 heterocycles. The summed E-state index contributed by atoms with van der Waals surface area (Å²) in [5.74, 6) is 0.771. The number of hydrogen-bond donors (Lipinski definition) is 3. The zero-order valence-corrected chi connectivity index (χ0v) is 18.5. The second kappa shape index (κ2) is 8.26. The van der Waals surface area contributed by atoms with E-state index in [2.05, 4.69) is 42.1 Å². The van der Waals surface area contributed by atoms with E-state index in [4.69, 9.17) is 9.47 Å². The van der Waals surface area contributed by atoms with Crippen molar-refractivity contribution >= 4 is 33.5 Å². The van der Waals surface area contributed by atoms with Crippen LogP contribution in [0.5, 0.6) is 17.2 Å². The number of amides is 1. The van der Waals surface area contributed by atoms with Crippen LogP contribution in [0.4, 0.5) is 11.6 Å². The molecule has 0 aliphatic carbocycles. The molecule has 1 atom stereocenters. The number of nitrogens with one attached hydrogen (secondary N) is 2. The highest BCUT2D eigenvalue weighted by molar-refractivity contribution is 9.10. The van der Waals surface area contributed by atoms with E-state index in [9.17, 15) is 9.90 Å². The van der Waals surface area contributed by atoms with Crippen molar-refractivity contribution < 1.29 is 19.4 Å². The molecule has 0 radical (unpaired) electrons. The van der Waals surface area contributed by atoms with Crippen LogP contribution in [0.15, 0.2) is 52.1 Å². The maximum atomic E-state index is 13.4. The molecule has 1 aromatic heterocycles. The molecular formula is C20H19BrN6O4. The Hall–Kier alpha value is -3.60. The molecule has 0 spiro atoms. The first-order valence-electron chi connectivity index (χ1n) is 9.21. The van der Waals surface area contributed by atoms with E-state index in [1.807, 2.05) is 6.07 Å². The largest absolute Gasteiger partial charge is 0.503 e. The lowest BCUT2D eigenvalue weighted by Gasteiger charge is -2.28. The van der Waals surface area contributed by atoms with Gasteiger partial charge in [0.1, 0.15) is 11.8 Å². The second-order valence-corrected chi connectivity index (χ2v) is 7.58. The van der Waals surface area contributed by atoms with Crippen molar-refractivity contribution in [3.8, 4) is 17.2 Å². The fraction of sp³-hybridized carbons (Fsp3) is 0.200. The Morgan fingerprint density at radius 3 is 2.71 bits per heavy atom. The number of anilines is 2. The lowest BCUT2D eigenvalue weighted by Crippen LogP contribution is -2.31. The van der Waals surface area contributed by atoms with Gasteiger partial charge in [0.25, 0.3) is 5.91 Å². The molecule has 0 fully saturated rings. The van der Waals surface area contributed by atoms with Gasteiger partial charge in [0, 0.05) is 5.70 Å². The SMILES string of the molecule is COc1ccccc1NC(=O)C1=C(C)Nc2nnnn2[C@@H]1c1cc(Br)c(O)c(OC)c1. The minimum absolute atomic E-state index is 0.0437. The fourth-order valence-electron chi connectivity index (χ4n) is 3.46. The topological polar surface area (TPSA) is 123 Å². The number of aromatic nitrogens is 4. The molecule has 1 amide bonds. The van der Waals surface area contributed by atoms with E-state index in [0.717, 1.165) is 0 Å². The maximum Gasteiger partial charge on any atom is 0.255 e. The zero-order valence-electron chi connectivity index (χ0n) is 16.9. The van der Waals surface area contributed by atoms with Crippen molar-refractivity contribution in [2.45, 2.75) is 13.0 Å². The van der Waals surface area contributed by atoms with Crippen LogP contribution in [-0.2, 0) is 4.79 Å². The number of nitrogens with zero attached hydrogens (tertiary/aromatic N) is 4. The number of aromatic hydroxyl groups is 1. The summed E-state index contributed by atoms with van der Waals surface area (Å²) in [5.41, 5.74) is 2.15. The number of halogens is 1. The van der Waals surface area contributed by atoms with Crippen molar-refractivity contribution in [1.82, 2.24) is 20.2 Å². The molecule has 10 nitrogen and oxygen atoms in total.